The number of halogens is 1. The van der Waals surface area contributed by atoms with E-state index in [1.807, 2.05) is 60.7 Å². The average molecular weight is 480 g/mol. The zero-order valence-electron chi connectivity index (χ0n) is 18.2. The number of methoxy groups -OCH3 is 1. The number of hydrogen-bond donors (Lipinski definition) is 0. The van der Waals surface area contributed by atoms with Gasteiger partial charge in [0, 0.05) is 29.1 Å². The van der Waals surface area contributed by atoms with E-state index in [0.29, 0.717) is 34.5 Å². The van der Waals surface area contributed by atoms with Crippen molar-refractivity contribution in [1.29, 1.82) is 0 Å². The molecule has 0 bridgehead atoms. The number of para-hydroxylation sites is 1. The summed E-state index contributed by atoms with van der Waals surface area (Å²) >= 11 is 7.66. The van der Waals surface area contributed by atoms with E-state index in [2.05, 4.69) is 15.5 Å². The highest BCUT2D eigenvalue weighted by Gasteiger charge is 2.19. The van der Waals surface area contributed by atoms with E-state index in [9.17, 15) is 4.79 Å². The lowest BCUT2D eigenvalue weighted by atomic mass is 10.1. The number of tetrazole rings is 1. The van der Waals surface area contributed by atoms with Crippen LogP contribution >= 0.6 is 23.4 Å². The smallest absolute Gasteiger partial charge is 0.255 e. The number of amides is 1. The Morgan fingerprint density at radius 2 is 1.85 bits per heavy atom. The summed E-state index contributed by atoms with van der Waals surface area (Å²) < 4.78 is 7.12. The van der Waals surface area contributed by atoms with E-state index in [0.717, 1.165) is 16.1 Å². The molecule has 0 radical (unpaired) electrons. The quantitative estimate of drug-likeness (QED) is 0.335. The van der Waals surface area contributed by atoms with Gasteiger partial charge in [-0.2, -0.15) is 4.68 Å². The van der Waals surface area contributed by atoms with Crippen LogP contribution in [0.1, 0.15) is 21.7 Å². The number of benzene rings is 3. The summed E-state index contributed by atoms with van der Waals surface area (Å²) in [6.07, 6.45) is 0. The average Bonchev–Trinajstić information content (AvgIpc) is 3.32. The van der Waals surface area contributed by atoms with Crippen molar-refractivity contribution in [3.63, 3.8) is 0 Å². The summed E-state index contributed by atoms with van der Waals surface area (Å²) in [4.78, 5) is 15.8. The Hall–Kier alpha value is -3.36. The van der Waals surface area contributed by atoms with E-state index in [-0.39, 0.29) is 5.91 Å². The largest absolute Gasteiger partial charge is 0.496 e. The molecule has 0 fully saturated rings. The summed E-state index contributed by atoms with van der Waals surface area (Å²) in [5, 5.41) is 12.7. The van der Waals surface area contributed by atoms with Crippen LogP contribution < -0.4 is 4.74 Å². The molecule has 1 aromatic heterocycles. The van der Waals surface area contributed by atoms with Crippen molar-refractivity contribution in [1.82, 2.24) is 25.1 Å². The maximum atomic E-state index is 13.3. The van der Waals surface area contributed by atoms with Gasteiger partial charge in [-0.3, -0.25) is 4.79 Å². The molecule has 0 unspecified atom stereocenters. The predicted octanol–water partition coefficient (Wildman–Crippen LogP) is 4.89. The molecule has 3 aromatic carbocycles. The molecular weight excluding hydrogens is 458 g/mol. The maximum Gasteiger partial charge on any atom is 0.255 e. The van der Waals surface area contributed by atoms with Crippen molar-refractivity contribution in [2.45, 2.75) is 17.2 Å². The van der Waals surface area contributed by atoms with Crippen LogP contribution in [-0.4, -0.2) is 45.2 Å². The molecule has 4 aromatic rings. The van der Waals surface area contributed by atoms with Gasteiger partial charge in [0.1, 0.15) is 5.75 Å². The minimum absolute atomic E-state index is 0.0946. The van der Waals surface area contributed by atoms with E-state index >= 15 is 0 Å². The monoisotopic (exact) mass is 479 g/mol. The molecule has 0 spiro atoms. The Balaban J connectivity index is 1.51. The Kier molecular flexibility index (Phi) is 7.26. The minimum Gasteiger partial charge on any atom is -0.496 e. The zero-order chi connectivity index (χ0) is 23.2. The van der Waals surface area contributed by atoms with Crippen LogP contribution in [0.25, 0.3) is 5.69 Å². The molecule has 168 valence electrons. The van der Waals surface area contributed by atoms with Gasteiger partial charge in [-0.1, -0.05) is 41.9 Å². The summed E-state index contributed by atoms with van der Waals surface area (Å²) in [6, 6.07) is 22.6. The molecule has 0 aliphatic rings. The summed E-state index contributed by atoms with van der Waals surface area (Å²) in [7, 11) is 3.36. The zero-order valence-corrected chi connectivity index (χ0v) is 19.8. The highest BCUT2D eigenvalue weighted by atomic mass is 35.5. The minimum atomic E-state index is -0.0946. The molecule has 0 aliphatic heterocycles. The third kappa shape index (κ3) is 5.35. The second-order valence-corrected chi connectivity index (χ2v) is 8.70. The van der Waals surface area contributed by atoms with Gasteiger partial charge in [-0.05, 0) is 52.9 Å². The van der Waals surface area contributed by atoms with Gasteiger partial charge in [-0.25, -0.2) is 0 Å². The molecule has 4 rings (SSSR count). The Morgan fingerprint density at radius 1 is 1.09 bits per heavy atom. The van der Waals surface area contributed by atoms with Crippen molar-refractivity contribution >= 4 is 29.3 Å². The third-order valence-corrected chi connectivity index (χ3v) is 6.31. The fourth-order valence-electron chi connectivity index (χ4n) is 3.38. The predicted molar refractivity (Wildman–Crippen MR) is 129 cm³/mol. The van der Waals surface area contributed by atoms with Crippen LogP contribution in [0, 0.1) is 0 Å². The van der Waals surface area contributed by atoms with E-state index in [4.69, 9.17) is 16.3 Å². The Bertz CT molecular complexity index is 1250. The highest BCUT2D eigenvalue weighted by Crippen LogP contribution is 2.28. The lowest BCUT2D eigenvalue weighted by molar-refractivity contribution is 0.0781. The summed E-state index contributed by atoms with van der Waals surface area (Å²) in [5.41, 5.74) is 2.34. The molecule has 0 saturated carbocycles. The van der Waals surface area contributed by atoms with Crippen LogP contribution in [0.5, 0.6) is 5.75 Å². The van der Waals surface area contributed by atoms with Crippen LogP contribution in [0.3, 0.4) is 0 Å². The molecular formula is C24H22ClN5O2S. The number of hydrogen-bond acceptors (Lipinski definition) is 6. The summed E-state index contributed by atoms with van der Waals surface area (Å²) in [5.74, 6) is 1.81. The SMILES string of the molecule is COc1ccc(Cl)cc1CN(C)C(=O)c1ccccc1SCc1nnnn1-c1ccccc1. The number of ether oxygens (including phenoxy) is 1. The van der Waals surface area contributed by atoms with Gasteiger partial charge < -0.3 is 9.64 Å². The van der Waals surface area contributed by atoms with Gasteiger partial charge in [0.05, 0.1) is 24.1 Å². The van der Waals surface area contributed by atoms with Crippen LogP contribution in [0.15, 0.2) is 77.7 Å². The number of rotatable bonds is 8. The molecule has 7 nitrogen and oxygen atoms in total. The molecule has 1 amide bonds. The van der Waals surface area contributed by atoms with Gasteiger partial charge in [0.25, 0.3) is 5.91 Å². The van der Waals surface area contributed by atoms with Gasteiger partial charge in [-0.15, -0.1) is 16.9 Å². The number of nitrogens with zero attached hydrogens (tertiary/aromatic N) is 5. The first-order valence-electron chi connectivity index (χ1n) is 10.2. The molecule has 0 aliphatic carbocycles. The molecule has 9 heteroatoms. The fourth-order valence-corrected chi connectivity index (χ4v) is 4.53. The van der Waals surface area contributed by atoms with Crippen LogP contribution in [-0.2, 0) is 12.3 Å². The van der Waals surface area contributed by atoms with Crippen LogP contribution in [0.2, 0.25) is 5.02 Å². The van der Waals surface area contributed by atoms with Gasteiger partial charge in [0.15, 0.2) is 5.82 Å². The van der Waals surface area contributed by atoms with Crippen molar-refractivity contribution < 1.29 is 9.53 Å². The van der Waals surface area contributed by atoms with Crippen molar-refractivity contribution in [3.05, 3.63) is 94.8 Å². The number of carbonyl (C=O) groups excluding carboxylic acids is 1. The molecule has 0 saturated heterocycles. The van der Waals surface area contributed by atoms with E-state index in [1.54, 1.807) is 35.9 Å². The Labute approximate surface area is 201 Å². The number of carbonyl (C=O) groups is 1. The number of thioether (sulfide) groups is 1. The van der Waals surface area contributed by atoms with Crippen LogP contribution in [0.4, 0.5) is 0 Å². The van der Waals surface area contributed by atoms with Gasteiger partial charge in [0.2, 0.25) is 0 Å². The van der Waals surface area contributed by atoms with E-state index < -0.39 is 0 Å². The van der Waals surface area contributed by atoms with Crippen molar-refractivity contribution in [3.8, 4) is 11.4 Å². The summed E-state index contributed by atoms with van der Waals surface area (Å²) in [6.45, 7) is 0.369. The number of aromatic nitrogens is 4. The molecule has 33 heavy (non-hydrogen) atoms. The molecule has 0 N–H and O–H groups in total. The lowest BCUT2D eigenvalue weighted by Crippen LogP contribution is -2.27. The molecule has 1 heterocycles. The van der Waals surface area contributed by atoms with Crippen molar-refractivity contribution in [2.24, 2.45) is 0 Å². The fraction of sp³-hybridized carbons (Fsp3) is 0.167. The first kappa shape index (κ1) is 22.8. The third-order valence-electron chi connectivity index (χ3n) is 5.01. The first-order chi connectivity index (χ1) is 16.1. The first-order valence-corrected chi connectivity index (χ1v) is 11.6. The van der Waals surface area contributed by atoms with E-state index in [1.165, 1.54) is 11.8 Å². The molecule has 0 atom stereocenters. The van der Waals surface area contributed by atoms with Crippen molar-refractivity contribution in [2.75, 3.05) is 14.2 Å². The Morgan fingerprint density at radius 3 is 2.64 bits per heavy atom. The maximum absolute atomic E-state index is 13.3. The second-order valence-electron chi connectivity index (χ2n) is 7.24. The van der Waals surface area contributed by atoms with Gasteiger partial charge >= 0.3 is 0 Å². The topological polar surface area (TPSA) is 73.1 Å². The second kappa shape index (κ2) is 10.5. The highest BCUT2D eigenvalue weighted by molar-refractivity contribution is 7.98. The normalized spacial score (nSPS) is 10.8. The lowest BCUT2D eigenvalue weighted by Gasteiger charge is -2.20. The standard InChI is InChI=1S/C24H22ClN5O2S/c1-29(15-17-14-18(25)12-13-21(17)32-2)24(31)20-10-6-7-11-22(20)33-16-23-26-27-28-30(23)19-8-4-3-5-9-19/h3-14H,15-16H2,1-2H3.